The van der Waals surface area contributed by atoms with E-state index in [1.54, 1.807) is 0 Å². The van der Waals surface area contributed by atoms with Crippen molar-refractivity contribution in [3.05, 3.63) is 33.9 Å². The Morgan fingerprint density at radius 1 is 1.45 bits per heavy atom. The molecule has 0 aliphatic carbocycles. The van der Waals surface area contributed by atoms with Gasteiger partial charge in [0.2, 0.25) is 0 Å². The Balaban J connectivity index is 2.41. The zero-order chi connectivity index (χ0) is 14.9. The number of alkyl halides is 2. The van der Waals surface area contributed by atoms with Crippen LogP contribution in [0.4, 0.5) is 20.2 Å². The molecule has 1 N–H and O–H groups in total. The number of hydrogen-bond acceptors (Lipinski definition) is 4. The van der Waals surface area contributed by atoms with E-state index in [-0.39, 0.29) is 23.3 Å². The molecule has 2 rings (SSSR count). The summed E-state index contributed by atoms with van der Waals surface area (Å²) in [5.74, 6) is 0. The van der Waals surface area contributed by atoms with Crippen LogP contribution >= 0.6 is 0 Å². The molecule has 1 heterocycles. The van der Waals surface area contributed by atoms with Crippen LogP contribution in [0.5, 0.6) is 0 Å². The average molecular weight is 285 g/mol. The first kappa shape index (κ1) is 14.6. The number of anilines is 1. The van der Waals surface area contributed by atoms with E-state index in [0.717, 1.165) is 6.07 Å². The van der Waals surface area contributed by atoms with Crippen LogP contribution in [-0.2, 0) is 0 Å². The average Bonchev–Trinajstić information content (AvgIpc) is 2.40. The molecule has 1 aliphatic heterocycles. The van der Waals surface area contributed by atoms with Gasteiger partial charge in [0, 0.05) is 48.6 Å². The summed E-state index contributed by atoms with van der Waals surface area (Å²) in [6.07, 6.45) is -2.73. The van der Waals surface area contributed by atoms with E-state index in [1.807, 2.05) is 18.7 Å². The standard InChI is InChI=1S/C13H17F2N3O2/c1-8-7-17(9(2)6-16-8)12-4-3-10(18(19)20)5-11(12)13(14)15/h3-5,8-9,13,16H,6-7H2,1-2H3. The normalized spacial score (nSPS) is 23.1. The minimum absolute atomic E-state index is 0.0603. The van der Waals surface area contributed by atoms with Gasteiger partial charge in [-0.15, -0.1) is 0 Å². The highest BCUT2D eigenvalue weighted by atomic mass is 19.3. The molecule has 1 aliphatic rings. The van der Waals surface area contributed by atoms with Crippen LogP contribution in [0.25, 0.3) is 0 Å². The lowest BCUT2D eigenvalue weighted by Crippen LogP contribution is -2.54. The molecule has 0 aromatic heterocycles. The zero-order valence-corrected chi connectivity index (χ0v) is 11.3. The molecule has 0 bridgehead atoms. The second kappa shape index (κ2) is 5.70. The van der Waals surface area contributed by atoms with E-state index >= 15 is 0 Å². The van der Waals surface area contributed by atoms with Gasteiger partial charge in [0.1, 0.15) is 0 Å². The molecular formula is C13H17F2N3O2. The Morgan fingerprint density at radius 3 is 2.75 bits per heavy atom. The molecule has 7 heteroatoms. The summed E-state index contributed by atoms with van der Waals surface area (Å²) in [6.45, 7) is 5.21. The van der Waals surface area contributed by atoms with E-state index in [9.17, 15) is 18.9 Å². The molecule has 0 radical (unpaired) electrons. The maximum Gasteiger partial charge on any atom is 0.270 e. The first-order chi connectivity index (χ1) is 9.40. The molecule has 0 saturated carbocycles. The monoisotopic (exact) mass is 285 g/mol. The quantitative estimate of drug-likeness (QED) is 0.685. The Morgan fingerprint density at radius 2 is 2.15 bits per heavy atom. The number of hydrogen-bond donors (Lipinski definition) is 1. The van der Waals surface area contributed by atoms with Gasteiger partial charge in [0.05, 0.1) is 4.92 Å². The van der Waals surface area contributed by atoms with Crippen molar-refractivity contribution in [1.82, 2.24) is 5.32 Å². The number of nitro benzene ring substituents is 1. The Hall–Kier alpha value is -1.76. The molecule has 5 nitrogen and oxygen atoms in total. The van der Waals surface area contributed by atoms with Crippen LogP contribution in [0.1, 0.15) is 25.8 Å². The van der Waals surface area contributed by atoms with Crippen molar-refractivity contribution in [2.75, 3.05) is 18.0 Å². The maximum atomic E-state index is 13.2. The molecule has 0 spiro atoms. The van der Waals surface area contributed by atoms with Crippen LogP contribution in [-0.4, -0.2) is 30.1 Å². The van der Waals surface area contributed by atoms with Gasteiger partial charge >= 0.3 is 0 Å². The third-order valence-electron chi connectivity index (χ3n) is 3.53. The van der Waals surface area contributed by atoms with Crippen molar-refractivity contribution in [3.63, 3.8) is 0 Å². The van der Waals surface area contributed by atoms with Gasteiger partial charge in [-0.25, -0.2) is 8.78 Å². The Labute approximate surface area is 115 Å². The van der Waals surface area contributed by atoms with Crippen molar-refractivity contribution < 1.29 is 13.7 Å². The number of piperazine rings is 1. The summed E-state index contributed by atoms with van der Waals surface area (Å²) in [6, 6.07) is 3.92. The van der Waals surface area contributed by atoms with Gasteiger partial charge in [-0.1, -0.05) is 0 Å². The van der Waals surface area contributed by atoms with Crippen LogP contribution in [0.2, 0.25) is 0 Å². The third kappa shape index (κ3) is 2.87. The topological polar surface area (TPSA) is 58.4 Å². The largest absolute Gasteiger partial charge is 0.366 e. The number of non-ortho nitro benzene ring substituents is 1. The fourth-order valence-corrected chi connectivity index (χ4v) is 2.45. The second-order valence-electron chi connectivity index (χ2n) is 5.11. The van der Waals surface area contributed by atoms with Gasteiger partial charge < -0.3 is 10.2 Å². The smallest absolute Gasteiger partial charge is 0.270 e. The van der Waals surface area contributed by atoms with Crippen molar-refractivity contribution in [1.29, 1.82) is 0 Å². The molecule has 0 amide bonds. The number of halogens is 2. The molecule has 110 valence electrons. The SMILES string of the molecule is CC1CN(c2ccc([N+](=O)[O-])cc2C(F)F)C(C)CN1. The first-order valence-electron chi connectivity index (χ1n) is 6.46. The van der Waals surface area contributed by atoms with Crippen molar-refractivity contribution in [3.8, 4) is 0 Å². The summed E-state index contributed by atoms with van der Waals surface area (Å²) in [5.41, 5.74) is -0.202. The summed E-state index contributed by atoms with van der Waals surface area (Å²) >= 11 is 0. The summed E-state index contributed by atoms with van der Waals surface area (Å²) < 4.78 is 26.4. The third-order valence-corrected chi connectivity index (χ3v) is 3.53. The fourth-order valence-electron chi connectivity index (χ4n) is 2.45. The lowest BCUT2D eigenvalue weighted by atomic mass is 10.1. The van der Waals surface area contributed by atoms with Gasteiger partial charge in [-0.3, -0.25) is 10.1 Å². The van der Waals surface area contributed by atoms with Gasteiger partial charge in [0.15, 0.2) is 0 Å². The molecule has 1 aromatic carbocycles. The minimum atomic E-state index is -2.73. The highest BCUT2D eigenvalue weighted by Crippen LogP contribution is 2.34. The number of rotatable bonds is 3. The minimum Gasteiger partial charge on any atom is -0.366 e. The molecular weight excluding hydrogens is 268 g/mol. The maximum absolute atomic E-state index is 13.2. The number of nitro groups is 1. The van der Waals surface area contributed by atoms with Crippen LogP contribution < -0.4 is 10.2 Å². The van der Waals surface area contributed by atoms with E-state index in [1.165, 1.54) is 12.1 Å². The predicted octanol–water partition coefficient (Wildman–Crippen LogP) is 2.72. The predicted molar refractivity (Wildman–Crippen MR) is 72.3 cm³/mol. The van der Waals surface area contributed by atoms with Crippen molar-refractivity contribution >= 4 is 11.4 Å². The van der Waals surface area contributed by atoms with E-state index in [4.69, 9.17) is 0 Å². The molecule has 1 saturated heterocycles. The Kier molecular flexibility index (Phi) is 4.17. The molecule has 2 unspecified atom stereocenters. The highest BCUT2D eigenvalue weighted by molar-refractivity contribution is 5.59. The van der Waals surface area contributed by atoms with Crippen molar-refractivity contribution in [2.24, 2.45) is 0 Å². The van der Waals surface area contributed by atoms with Gasteiger partial charge in [-0.05, 0) is 19.9 Å². The number of nitrogens with one attached hydrogen (secondary N) is 1. The van der Waals surface area contributed by atoms with Crippen LogP contribution in [0.15, 0.2) is 18.2 Å². The Bertz CT molecular complexity index is 510. The molecule has 1 fully saturated rings. The van der Waals surface area contributed by atoms with E-state index in [2.05, 4.69) is 5.32 Å². The van der Waals surface area contributed by atoms with Crippen LogP contribution in [0, 0.1) is 10.1 Å². The highest BCUT2D eigenvalue weighted by Gasteiger charge is 2.27. The molecule has 20 heavy (non-hydrogen) atoms. The summed E-state index contributed by atoms with van der Waals surface area (Å²) in [7, 11) is 0. The van der Waals surface area contributed by atoms with Gasteiger partial charge in [-0.2, -0.15) is 0 Å². The summed E-state index contributed by atoms with van der Waals surface area (Å²) in [5, 5.41) is 14.0. The molecule has 1 aromatic rings. The van der Waals surface area contributed by atoms with E-state index < -0.39 is 11.3 Å². The summed E-state index contributed by atoms with van der Waals surface area (Å²) in [4.78, 5) is 11.9. The van der Waals surface area contributed by atoms with Crippen LogP contribution in [0.3, 0.4) is 0 Å². The lowest BCUT2D eigenvalue weighted by Gasteiger charge is -2.40. The molecule has 2 atom stereocenters. The second-order valence-corrected chi connectivity index (χ2v) is 5.11. The number of benzene rings is 1. The fraction of sp³-hybridized carbons (Fsp3) is 0.538. The van der Waals surface area contributed by atoms with Crippen molar-refractivity contribution in [2.45, 2.75) is 32.4 Å². The van der Waals surface area contributed by atoms with E-state index in [0.29, 0.717) is 18.8 Å². The first-order valence-corrected chi connectivity index (χ1v) is 6.46. The van der Waals surface area contributed by atoms with Gasteiger partial charge in [0.25, 0.3) is 12.1 Å². The number of nitrogens with zero attached hydrogens (tertiary/aromatic N) is 2. The zero-order valence-electron chi connectivity index (χ0n) is 11.3. The lowest BCUT2D eigenvalue weighted by molar-refractivity contribution is -0.385.